The van der Waals surface area contributed by atoms with E-state index in [1.54, 1.807) is 4.90 Å². The minimum absolute atomic E-state index is 0.0810. The monoisotopic (exact) mass is 402 g/mol. The zero-order chi connectivity index (χ0) is 21.2. The van der Waals surface area contributed by atoms with E-state index >= 15 is 0 Å². The number of nitrogens with zero attached hydrogens (tertiary/aromatic N) is 2. The van der Waals surface area contributed by atoms with Gasteiger partial charge in [-0.1, -0.05) is 18.2 Å². The van der Waals surface area contributed by atoms with Crippen LogP contribution in [0, 0.1) is 13.8 Å². The third-order valence-corrected chi connectivity index (χ3v) is 5.84. The van der Waals surface area contributed by atoms with Crippen molar-refractivity contribution in [2.24, 2.45) is 0 Å². The molecular formula is C23H34N2O4. The average molecular weight is 403 g/mol. The Morgan fingerprint density at radius 3 is 2.66 bits per heavy atom. The lowest BCUT2D eigenvalue weighted by molar-refractivity contribution is -0.135. The molecule has 6 heteroatoms. The summed E-state index contributed by atoms with van der Waals surface area (Å²) in [6.07, 6.45) is 1.88. The van der Waals surface area contributed by atoms with Gasteiger partial charge in [-0.25, -0.2) is 4.79 Å². The molecule has 2 amide bonds. The number of rotatable bonds is 3. The van der Waals surface area contributed by atoms with Crippen molar-refractivity contribution < 1.29 is 19.1 Å². The Balaban J connectivity index is 1.72. The summed E-state index contributed by atoms with van der Waals surface area (Å²) >= 11 is 0. The van der Waals surface area contributed by atoms with Gasteiger partial charge in [0.2, 0.25) is 5.91 Å². The van der Waals surface area contributed by atoms with Crippen molar-refractivity contribution in [1.82, 2.24) is 9.80 Å². The third-order valence-electron chi connectivity index (χ3n) is 5.84. The van der Waals surface area contributed by atoms with Crippen LogP contribution in [-0.4, -0.2) is 59.7 Å². The van der Waals surface area contributed by atoms with Crippen molar-refractivity contribution >= 4 is 12.0 Å². The van der Waals surface area contributed by atoms with Crippen LogP contribution in [0.25, 0.3) is 0 Å². The molecule has 29 heavy (non-hydrogen) atoms. The van der Waals surface area contributed by atoms with E-state index in [0.29, 0.717) is 19.8 Å². The average Bonchev–Trinajstić information content (AvgIpc) is 3.12. The predicted octanol–water partition coefficient (Wildman–Crippen LogP) is 3.99. The number of hydrogen-bond donors (Lipinski definition) is 0. The van der Waals surface area contributed by atoms with Crippen LogP contribution < -0.4 is 0 Å². The first-order chi connectivity index (χ1) is 13.7. The summed E-state index contributed by atoms with van der Waals surface area (Å²) in [5.41, 5.74) is 3.18. The molecule has 2 aliphatic rings. The predicted molar refractivity (Wildman–Crippen MR) is 112 cm³/mol. The lowest BCUT2D eigenvalue weighted by atomic mass is 9.95. The maximum atomic E-state index is 13.2. The van der Waals surface area contributed by atoms with Gasteiger partial charge in [0.1, 0.15) is 5.60 Å². The number of aryl methyl sites for hydroxylation is 1. The van der Waals surface area contributed by atoms with E-state index in [-0.39, 0.29) is 30.5 Å². The Morgan fingerprint density at radius 1 is 1.17 bits per heavy atom. The lowest BCUT2D eigenvalue weighted by Crippen LogP contribution is -2.52. The number of likely N-dealkylation sites (tertiary alicyclic amines) is 1. The van der Waals surface area contributed by atoms with Crippen LogP contribution in [0.4, 0.5) is 4.79 Å². The molecule has 6 nitrogen and oxygen atoms in total. The Labute approximate surface area is 174 Å². The number of carbonyl (C=O) groups excluding carboxylic acids is 2. The summed E-state index contributed by atoms with van der Waals surface area (Å²) in [5.74, 6) is 0.0810. The fourth-order valence-corrected chi connectivity index (χ4v) is 4.23. The van der Waals surface area contributed by atoms with E-state index in [1.165, 1.54) is 16.7 Å². The lowest BCUT2D eigenvalue weighted by Gasteiger charge is -2.37. The molecule has 1 aromatic rings. The van der Waals surface area contributed by atoms with Crippen LogP contribution in [-0.2, 0) is 14.3 Å². The first-order valence-electron chi connectivity index (χ1n) is 10.6. The Bertz CT molecular complexity index is 756. The first-order valence-corrected chi connectivity index (χ1v) is 10.6. The Hall–Kier alpha value is -2.08. The summed E-state index contributed by atoms with van der Waals surface area (Å²) in [5, 5.41) is 0. The van der Waals surface area contributed by atoms with Crippen LogP contribution in [0.2, 0.25) is 0 Å². The van der Waals surface area contributed by atoms with Gasteiger partial charge < -0.3 is 19.3 Å². The van der Waals surface area contributed by atoms with Gasteiger partial charge in [0.25, 0.3) is 0 Å². The number of ether oxygens (including phenoxy) is 2. The number of carbonyl (C=O) groups is 2. The Morgan fingerprint density at radius 2 is 1.93 bits per heavy atom. The summed E-state index contributed by atoms with van der Waals surface area (Å²) < 4.78 is 11.1. The highest BCUT2D eigenvalue weighted by Gasteiger charge is 2.36. The van der Waals surface area contributed by atoms with Crippen LogP contribution >= 0.6 is 0 Å². The summed E-state index contributed by atoms with van der Waals surface area (Å²) in [6.45, 7) is 11.8. The molecule has 0 N–H and O–H groups in total. The van der Waals surface area contributed by atoms with Gasteiger partial charge in [-0.3, -0.25) is 4.79 Å². The van der Waals surface area contributed by atoms with Crippen molar-refractivity contribution in [3.63, 3.8) is 0 Å². The van der Waals surface area contributed by atoms with Gasteiger partial charge in [-0.15, -0.1) is 0 Å². The van der Waals surface area contributed by atoms with Gasteiger partial charge in [0, 0.05) is 19.5 Å². The second-order valence-electron chi connectivity index (χ2n) is 9.14. The van der Waals surface area contributed by atoms with Crippen molar-refractivity contribution in [2.45, 2.75) is 71.6 Å². The standard InChI is InChI=1S/C23H34N2O4/c1-16-8-6-9-19(17(16)2)20-10-7-11-25(20)21(26)14-18-15-28-13-12-24(18)22(27)29-23(3,4)5/h6,8-9,18,20H,7,10-15H2,1-5H3/t18-,20-/m1/s1. The molecule has 2 fully saturated rings. The zero-order valence-corrected chi connectivity index (χ0v) is 18.4. The highest BCUT2D eigenvalue weighted by molar-refractivity contribution is 5.79. The minimum atomic E-state index is -0.563. The van der Waals surface area contributed by atoms with E-state index in [0.717, 1.165) is 19.4 Å². The molecule has 3 rings (SSSR count). The van der Waals surface area contributed by atoms with Gasteiger partial charge in [0.15, 0.2) is 0 Å². The normalized spacial score (nSPS) is 22.7. The summed E-state index contributed by atoms with van der Waals surface area (Å²) in [6, 6.07) is 6.14. The van der Waals surface area contributed by atoms with Crippen molar-refractivity contribution in [2.75, 3.05) is 26.3 Å². The SMILES string of the molecule is Cc1cccc([C@H]2CCCN2C(=O)C[C@@H]2COCCN2C(=O)OC(C)(C)C)c1C. The smallest absolute Gasteiger partial charge is 0.410 e. The quantitative estimate of drug-likeness (QED) is 0.767. The fraction of sp³-hybridized carbons (Fsp3) is 0.652. The topological polar surface area (TPSA) is 59.1 Å². The zero-order valence-electron chi connectivity index (χ0n) is 18.4. The number of morpholine rings is 1. The van der Waals surface area contributed by atoms with Gasteiger partial charge >= 0.3 is 6.09 Å². The molecule has 2 saturated heterocycles. The molecule has 2 atom stereocenters. The molecule has 0 aliphatic carbocycles. The molecule has 2 heterocycles. The maximum absolute atomic E-state index is 13.2. The molecular weight excluding hydrogens is 368 g/mol. The number of amides is 2. The van der Waals surface area contributed by atoms with Crippen molar-refractivity contribution in [1.29, 1.82) is 0 Å². The van der Waals surface area contributed by atoms with Crippen molar-refractivity contribution in [3.05, 3.63) is 34.9 Å². The van der Waals surface area contributed by atoms with E-state index in [1.807, 2.05) is 25.7 Å². The van der Waals surface area contributed by atoms with E-state index < -0.39 is 5.60 Å². The molecule has 0 bridgehead atoms. The van der Waals surface area contributed by atoms with Crippen LogP contribution in [0.3, 0.4) is 0 Å². The largest absolute Gasteiger partial charge is 0.444 e. The molecule has 0 radical (unpaired) electrons. The van der Waals surface area contributed by atoms with Gasteiger partial charge in [0.05, 0.1) is 25.3 Å². The molecule has 2 aliphatic heterocycles. The molecule has 0 saturated carbocycles. The van der Waals surface area contributed by atoms with Crippen molar-refractivity contribution in [3.8, 4) is 0 Å². The maximum Gasteiger partial charge on any atom is 0.410 e. The first kappa shape index (κ1) is 21.6. The fourth-order valence-electron chi connectivity index (χ4n) is 4.23. The minimum Gasteiger partial charge on any atom is -0.444 e. The summed E-state index contributed by atoms with van der Waals surface area (Å²) in [7, 11) is 0. The number of benzene rings is 1. The molecule has 0 spiro atoms. The van der Waals surface area contributed by atoms with Gasteiger partial charge in [-0.05, 0) is 64.2 Å². The highest BCUT2D eigenvalue weighted by atomic mass is 16.6. The van der Waals surface area contributed by atoms with Crippen LogP contribution in [0.1, 0.15) is 62.8 Å². The molecule has 1 aromatic carbocycles. The molecule has 0 unspecified atom stereocenters. The molecule has 160 valence electrons. The van der Waals surface area contributed by atoms with E-state index in [9.17, 15) is 9.59 Å². The third kappa shape index (κ3) is 5.10. The number of hydrogen-bond acceptors (Lipinski definition) is 4. The van der Waals surface area contributed by atoms with E-state index in [4.69, 9.17) is 9.47 Å². The van der Waals surface area contributed by atoms with E-state index in [2.05, 4.69) is 32.0 Å². The van der Waals surface area contributed by atoms with Crippen LogP contribution in [0.15, 0.2) is 18.2 Å². The second-order valence-corrected chi connectivity index (χ2v) is 9.14. The highest BCUT2D eigenvalue weighted by Crippen LogP contribution is 2.35. The van der Waals surface area contributed by atoms with Gasteiger partial charge in [-0.2, -0.15) is 0 Å². The Kier molecular flexibility index (Phi) is 6.52. The molecule has 0 aromatic heterocycles. The van der Waals surface area contributed by atoms with Crippen LogP contribution in [0.5, 0.6) is 0 Å². The summed E-state index contributed by atoms with van der Waals surface area (Å²) in [4.78, 5) is 29.5. The second kappa shape index (κ2) is 8.74.